The number of para-hydroxylation sites is 2. The molecule has 1 aromatic heterocycles. The van der Waals surface area contributed by atoms with Gasteiger partial charge in [0.1, 0.15) is 6.61 Å². The maximum atomic E-state index is 6.11. The molecule has 1 aliphatic rings. The number of thioether (sulfide) groups is 1. The normalized spacial score (nSPS) is 15.5. The number of ether oxygens (including phenoxy) is 2. The summed E-state index contributed by atoms with van der Waals surface area (Å²) in [6.07, 6.45) is 1.56. The molecule has 5 nitrogen and oxygen atoms in total. The van der Waals surface area contributed by atoms with Crippen LogP contribution in [0.2, 0.25) is 0 Å². The fraction of sp³-hybridized carbons (Fsp3) is 0.238. The minimum atomic E-state index is -0.292. The van der Waals surface area contributed by atoms with Crippen molar-refractivity contribution >= 4 is 11.8 Å². The zero-order valence-electron chi connectivity index (χ0n) is 15.2. The molecule has 27 heavy (non-hydrogen) atoms. The highest BCUT2D eigenvalue weighted by molar-refractivity contribution is 7.98. The van der Waals surface area contributed by atoms with Crippen molar-refractivity contribution in [1.82, 2.24) is 14.8 Å². The first-order valence-corrected chi connectivity index (χ1v) is 9.84. The quantitative estimate of drug-likeness (QED) is 0.464. The molecule has 0 saturated carbocycles. The van der Waals surface area contributed by atoms with Crippen LogP contribution < -0.4 is 9.47 Å². The SMILES string of the molecule is C=CCn1c(SCc2ccccc2C)nnc1C1COc2ccccc2O1. The number of benzene rings is 2. The summed E-state index contributed by atoms with van der Waals surface area (Å²) >= 11 is 1.67. The Balaban J connectivity index is 1.56. The van der Waals surface area contributed by atoms with Crippen LogP contribution in [0.1, 0.15) is 23.1 Å². The van der Waals surface area contributed by atoms with Gasteiger partial charge >= 0.3 is 0 Å². The number of aryl methyl sites for hydroxylation is 1. The van der Waals surface area contributed by atoms with Crippen molar-refractivity contribution < 1.29 is 9.47 Å². The second-order valence-corrected chi connectivity index (χ2v) is 7.26. The first-order chi connectivity index (χ1) is 13.3. The zero-order chi connectivity index (χ0) is 18.6. The average Bonchev–Trinajstić information content (AvgIpc) is 3.10. The van der Waals surface area contributed by atoms with E-state index < -0.39 is 0 Å². The van der Waals surface area contributed by atoms with E-state index in [1.807, 2.05) is 30.3 Å². The molecule has 138 valence electrons. The lowest BCUT2D eigenvalue weighted by Crippen LogP contribution is -2.25. The Morgan fingerprint density at radius 2 is 1.93 bits per heavy atom. The van der Waals surface area contributed by atoms with Gasteiger partial charge in [-0.2, -0.15) is 0 Å². The number of fused-ring (bicyclic) bond motifs is 1. The van der Waals surface area contributed by atoms with E-state index in [0.29, 0.717) is 13.2 Å². The Bertz CT molecular complexity index is 954. The van der Waals surface area contributed by atoms with Crippen molar-refractivity contribution in [3.05, 3.63) is 78.1 Å². The summed E-state index contributed by atoms with van der Waals surface area (Å²) in [5.74, 6) is 3.10. The van der Waals surface area contributed by atoms with Gasteiger partial charge in [-0.25, -0.2) is 0 Å². The number of hydrogen-bond acceptors (Lipinski definition) is 5. The highest BCUT2D eigenvalue weighted by Crippen LogP contribution is 2.36. The van der Waals surface area contributed by atoms with E-state index in [0.717, 1.165) is 28.2 Å². The average molecular weight is 379 g/mol. The van der Waals surface area contributed by atoms with Gasteiger partial charge in [0, 0.05) is 12.3 Å². The van der Waals surface area contributed by atoms with Crippen LogP contribution in [0.4, 0.5) is 0 Å². The molecule has 4 rings (SSSR count). The van der Waals surface area contributed by atoms with Crippen LogP contribution in [-0.4, -0.2) is 21.4 Å². The third-order valence-electron chi connectivity index (χ3n) is 4.47. The smallest absolute Gasteiger partial charge is 0.192 e. The molecule has 0 fully saturated rings. The topological polar surface area (TPSA) is 49.2 Å². The molecule has 0 amide bonds. The van der Waals surface area contributed by atoms with Gasteiger partial charge < -0.3 is 9.47 Å². The Morgan fingerprint density at radius 1 is 1.15 bits per heavy atom. The second kappa shape index (κ2) is 7.88. The number of hydrogen-bond donors (Lipinski definition) is 0. The molecule has 0 N–H and O–H groups in total. The summed E-state index contributed by atoms with van der Waals surface area (Å²) in [5.41, 5.74) is 2.57. The molecule has 3 aromatic rings. The van der Waals surface area contributed by atoms with E-state index in [1.165, 1.54) is 11.1 Å². The summed E-state index contributed by atoms with van der Waals surface area (Å²) < 4.78 is 14.0. The molecule has 0 bridgehead atoms. The molecule has 2 aromatic carbocycles. The highest BCUT2D eigenvalue weighted by Gasteiger charge is 2.28. The third kappa shape index (κ3) is 3.71. The van der Waals surface area contributed by atoms with E-state index in [4.69, 9.17) is 9.47 Å². The number of nitrogens with zero attached hydrogens (tertiary/aromatic N) is 3. The molecular weight excluding hydrogens is 358 g/mol. The number of aromatic nitrogens is 3. The van der Waals surface area contributed by atoms with Gasteiger partial charge in [-0.3, -0.25) is 4.57 Å². The first kappa shape index (κ1) is 17.7. The summed E-state index contributed by atoms with van der Waals surface area (Å²) in [7, 11) is 0. The Morgan fingerprint density at radius 3 is 2.74 bits per heavy atom. The molecule has 1 atom stereocenters. The standard InChI is InChI=1S/C21H21N3O2S/c1-3-12-24-20(19-13-25-17-10-6-7-11-18(17)26-19)22-23-21(24)27-14-16-9-5-4-8-15(16)2/h3-11,19H,1,12-14H2,2H3. The predicted molar refractivity (Wildman–Crippen MR) is 106 cm³/mol. The van der Waals surface area contributed by atoms with Crippen LogP contribution >= 0.6 is 11.8 Å². The van der Waals surface area contributed by atoms with E-state index in [-0.39, 0.29) is 6.10 Å². The second-order valence-electron chi connectivity index (χ2n) is 6.32. The molecule has 0 spiro atoms. The first-order valence-electron chi connectivity index (χ1n) is 8.86. The van der Waals surface area contributed by atoms with Crippen LogP contribution in [0.25, 0.3) is 0 Å². The number of allylic oxidation sites excluding steroid dienone is 1. The molecule has 6 heteroatoms. The lowest BCUT2D eigenvalue weighted by Gasteiger charge is -2.26. The van der Waals surface area contributed by atoms with Gasteiger partial charge in [-0.1, -0.05) is 54.2 Å². The largest absolute Gasteiger partial charge is 0.485 e. The summed E-state index contributed by atoms with van der Waals surface area (Å²) in [6, 6.07) is 16.1. The van der Waals surface area contributed by atoms with Crippen molar-refractivity contribution in [2.45, 2.75) is 30.5 Å². The van der Waals surface area contributed by atoms with E-state index >= 15 is 0 Å². The molecule has 1 aliphatic heterocycles. The summed E-state index contributed by atoms with van der Waals surface area (Å²) in [4.78, 5) is 0. The number of rotatable bonds is 6. The summed E-state index contributed by atoms with van der Waals surface area (Å²) in [5, 5.41) is 9.67. The lowest BCUT2D eigenvalue weighted by atomic mass is 10.1. The molecule has 2 heterocycles. The highest BCUT2D eigenvalue weighted by atomic mass is 32.2. The van der Waals surface area contributed by atoms with Gasteiger partial charge in [0.2, 0.25) is 0 Å². The fourth-order valence-corrected chi connectivity index (χ4v) is 4.04. The minimum absolute atomic E-state index is 0.292. The van der Waals surface area contributed by atoms with Gasteiger partial charge in [0.05, 0.1) is 0 Å². The van der Waals surface area contributed by atoms with Crippen molar-refractivity contribution in [1.29, 1.82) is 0 Å². The Labute approximate surface area is 163 Å². The van der Waals surface area contributed by atoms with Crippen LogP contribution in [0.3, 0.4) is 0 Å². The Kier molecular flexibility index (Phi) is 5.16. The van der Waals surface area contributed by atoms with Gasteiger partial charge in [-0.15, -0.1) is 16.8 Å². The van der Waals surface area contributed by atoms with Crippen molar-refractivity contribution in [3.63, 3.8) is 0 Å². The molecule has 0 saturated heterocycles. The fourth-order valence-electron chi connectivity index (χ4n) is 3.01. The maximum Gasteiger partial charge on any atom is 0.192 e. The van der Waals surface area contributed by atoms with Gasteiger partial charge in [-0.05, 0) is 30.2 Å². The summed E-state index contributed by atoms with van der Waals surface area (Å²) in [6.45, 7) is 7.04. The van der Waals surface area contributed by atoms with Crippen molar-refractivity contribution in [2.75, 3.05) is 6.61 Å². The van der Waals surface area contributed by atoms with Crippen molar-refractivity contribution in [3.8, 4) is 11.5 Å². The minimum Gasteiger partial charge on any atom is -0.485 e. The van der Waals surface area contributed by atoms with Crippen LogP contribution in [0, 0.1) is 6.92 Å². The van der Waals surface area contributed by atoms with Gasteiger partial charge in [0.15, 0.2) is 28.6 Å². The Hall–Kier alpha value is -2.73. The van der Waals surface area contributed by atoms with Crippen molar-refractivity contribution in [2.24, 2.45) is 0 Å². The molecule has 1 unspecified atom stereocenters. The van der Waals surface area contributed by atoms with E-state index in [9.17, 15) is 0 Å². The zero-order valence-corrected chi connectivity index (χ0v) is 16.0. The molecular formula is C21H21N3O2S. The third-order valence-corrected chi connectivity index (χ3v) is 5.49. The predicted octanol–water partition coefficient (Wildman–Crippen LogP) is 4.58. The molecule has 0 radical (unpaired) electrons. The maximum absolute atomic E-state index is 6.11. The van der Waals surface area contributed by atoms with Crippen LogP contribution in [-0.2, 0) is 12.3 Å². The van der Waals surface area contributed by atoms with Gasteiger partial charge in [0.25, 0.3) is 0 Å². The monoisotopic (exact) mass is 379 g/mol. The van der Waals surface area contributed by atoms with Crippen LogP contribution in [0.5, 0.6) is 11.5 Å². The van der Waals surface area contributed by atoms with Crippen LogP contribution in [0.15, 0.2) is 66.3 Å². The molecule has 0 aliphatic carbocycles. The van der Waals surface area contributed by atoms with E-state index in [2.05, 4.69) is 52.5 Å². The van der Waals surface area contributed by atoms with E-state index in [1.54, 1.807) is 11.8 Å². The lowest BCUT2D eigenvalue weighted by molar-refractivity contribution is 0.0821.